The molecule has 0 radical (unpaired) electrons. The first-order valence-electron chi connectivity index (χ1n) is 10.3. The molecule has 3 aromatic rings. The second-order valence-electron chi connectivity index (χ2n) is 8.19. The molecule has 9 heteroatoms. The predicted octanol–water partition coefficient (Wildman–Crippen LogP) is 3.33. The van der Waals surface area contributed by atoms with Gasteiger partial charge in [-0.15, -0.1) is 10.2 Å². The van der Waals surface area contributed by atoms with Crippen LogP contribution in [0.4, 0.5) is 5.69 Å². The maximum Gasteiger partial charge on any atom is 0.264 e. The molecule has 2 aromatic carbocycles. The summed E-state index contributed by atoms with van der Waals surface area (Å²) < 4.78 is 28.5. The molecule has 0 aliphatic rings. The third kappa shape index (κ3) is 5.48. The van der Waals surface area contributed by atoms with Gasteiger partial charge in [0, 0.05) is 6.54 Å². The summed E-state index contributed by atoms with van der Waals surface area (Å²) in [7, 11) is -3.72. The highest BCUT2D eigenvalue weighted by Crippen LogP contribution is 2.29. The van der Waals surface area contributed by atoms with Crippen molar-refractivity contribution in [3.63, 3.8) is 0 Å². The van der Waals surface area contributed by atoms with Gasteiger partial charge >= 0.3 is 0 Å². The third-order valence-electron chi connectivity index (χ3n) is 5.03. The molecule has 2 N–H and O–H groups in total. The number of aryl methyl sites for hydroxylation is 3. The highest BCUT2D eigenvalue weighted by Gasteiger charge is 2.27. The average Bonchev–Trinajstić information content (AvgIpc) is 3.26. The summed E-state index contributed by atoms with van der Waals surface area (Å²) in [5.41, 5.74) is 3.64. The van der Waals surface area contributed by atoms with Crippen molar-refractivity contribution in [1.82, 2.24) is 20.6 Å². The number of aliphatic hydroxyl groups is 1. The highest BCUT2D eigenvalue weighted by molar-refractivity contribution is 7.92. The van der Waals surface area contributed by atoms with Crippen molar-refractivity contribution in [3.05, 3.63) is 65.0 Å². The molecular weight excluding hydrogens is 414 g/mol. The lowest BCUT2D eigenvalue weighted by Crippen LogP contribution is -2.34. The number of anilines is 1. The third-order valence-corrected chi connectivity index (χ3v) is 6.82. The second-order valence-corrected chi connectivity index (χ2v) is 10.1. The molecule has 0 aliphatic carbocycles. The van der Waals surface area contributed by atoms with Crippen LogP contribution in [0.3, 0.4) is 0 Å². The molecule has 0 spiro atoms. The van der Waals surface area contributed by atoms with E-state index in [0.29, 0.717) is 25.1 Å². The van der Waals surface area contributed by atoms with E-state index in [0.717, 1.165) is 16.7 Å². The van der Waals surface area contributed by atoms with Crippen LogP contribution in [0.5, 0.6) is 0 Å². The Morgan fingerprint density at radius 3 is 2.39 bits per heavy atom. The predicted molar refractivity (Wildman–Crippen MR) is 119 cm³/mol. The van der Waals surface area contributed by atoms with Gasteiger partial charge in [0.15, 0.2) is 0 Å². The standard InChI is InChI=1S/C22H29N5O3S/c1-15(2)14-27(20-11-5-16(3)13-17(20)4)31(29,30)19-9-6-18(7-10-19)8-12-21(28)22-23-25-26-24-22/h5-7,9-11,13,15,21,28H,8,12,14H2,1-4H3,(H,23,24,25,26). The number of sulfonamides is 1. The lowest BCUT2D eigenvalue weighted by atomic mass is 10.1. The molecule has 0 amide bonds. The number of hydrogen-bond donors (Lipinski definition) is 2. The zero-order valence-electron chi connectivity index (χ0n) is 18.3. The van der Waals surface area contributed by atoms with E-state index in [1.807, 2.05) is 45.9 Å². The van der Waals surface area contributed by atoms with Gasteiger partial charge in [-0.05, 0) is 61.9 Å². The Morgan fingerprint density at radius 1 is 1.10 bits per heavy atom. The monoisotopic (exact) mass is 443 g/mol. The molecule has 0 bridgehead atoms. The fraction of sp³-hybridized carbons (Fsp3) is 0.409. The van der Waals surface area contributed by atoms with E-state index in [2.05, 4.69) is 20.6 Å². The maximum absolute atomic E-state index is 13.5. The highest BCUT2D eigenvalue weighted by atomic mass is 32.2. The van der Waals surface area contributed by atoms with Crippen molar-refractivity contribution in [3.8, 4) is 0 Å². The molecule has 31 heavy (non-hydrogen) atoms. The average molecular weight is 444 g/mol. The van der Waals surface area contributed by atoms with Gasteiger partial charge < -0.3 is 5.11 Å². The number of nitrogens with one attached hydrogen (secondary N) is 1. The summed E-state index contributed by atoms with van der Waals surface area (Å²) >= 11 is 0. The van der Waals surface area contributed by atoms with Crippen LogP contribution in [0.15, 0.2) is 47.4 Å². The first-order chi connectivity index (χ1) is 14.7. The number of H-pyrrole nitrogens is 1. The van der Waals surface area contributed by atoms with Crippen LogP contribution in [0.2, 0.25) is 0 Å². The van der Waals surface area contributed by atoms with Crippen molar-refractivity contribution >= 4 is 15.7 Å². The minimum Gasteiger partial charge on any atom is -0.385 e. The Bertz CT molecular complexity index is 1100. The molecule has 0 saturated heterocycles. The van der Waals surface area contributed by atoms with Crippen molar-refractivity contribution in [2.75, 3.05) is 10.8 Å². The zero-order valence-corrected chi connectivity index (χ0v) is 19.1. The Balaban J connectivity index is 1.81. The van der Waals surface area contributed by atoms with Crippen LogP contribution in [0.25, 0.3) is 0 Å². The molecule has 0 saturated carbocycles. The molecule has 1 atom stereocenters. The van der Waals surface area contributed by atoms with E-state index in [-0.39, 0.29) is 16.6 Å². The molecular formula is C22H29N5O3S. The number of tetrazole rings is 1. The Kier molecular flexibility index (Phi) is 7.07. The molecule has 1 unspecified atom stereocenters. The maximum atomic E-state index is 13.5. The van der Waals surface area contributed by atoms with Gasteiger partial charge in [-0.3, -0.25) is 4.31 Å². The van der Waals surface area contributed by atoms with Gasteiger partial charge in [0.05, 0.1) is 10.6 Å². The number of aliphatic hydroxyl groups excluding tert-OH is 1. The number of hydrogen-bond acceptors (Lipinski definition) is 6. The second kappa shape index (κ2) is 9.57. The number of benzene rings is 2. The van der Waals surface area contributed by atoms with E-state index in [4.69, 9.17) is 0 Å². The van der Waals surface area contributed by atoms with E-state index >= 15 is 0 Å². The summed E-state index contributed by atoms with van der Waals surface area (Å²) in [6, 6.07) is 12.6. The van der Waals surface area contributed by atoms with Crippen LogP contribution in [-0.2, 0) is 16.4 Å². The Morgan fingerprint density at radius 2 is 1.81 bits per heavy atom. The number of nitrogens with zero attached hydrogens (tertiary/aromatic N) is 4. The largest absolute Gasteiger partial charge is 0.385 e. The first kappa shape index (κ1) is 22.9. The van der Waals surface area contributed by atoms with Crippen molar-refractivity contribution < 1.29 is 13.5 Å². The van der Waals surface area contributed by atoms with Crippen LogP contribution in [-0.4, -0.2) is 40.7 Å². The van der Waals surface area contributed by atoms with Gasteiger partial charge in [-0.25, -0.2) is 8.42 Å². The van der Waals surface area contributed by atoms with E-state index in [9.17, 15) is 13.5 Å². The fourth-order valence-electron chi connectivity index (χ4n) is 3.44. The first-order valence-corrected chi connectivity index (χ1v) is 11.7. The van der Waals surface area contributed by atoms with E-state index < -0.39 is 16.1 Å². The molecule has 3 rings (SSSR count). The number of aromatic nitrogens is 4. The van der Waals surface area contributed by atoms with Crippen molar-refractivity contribution in [2.45, 2.75) is 51.5 Å². The van der Waals surface area contributed by atoms with Crippen LogP contribution < -0.4 is 4.31 Å². The lowest BCUT2D eigenvalue weighted by molar-refractivity contribution is 0.158. The van der Waals surface area contributed by atoms with Crippen LogP contribution in [0, 0.1) is 19.8 Å². The Hall–Kier alpha value is -2.78. The van der Waals surface area contributed by atoms with Crippen LogP contribution in [0.1, 0.15) is 48.9 Å². The quantitative estimate of drug-likeness (QED) is 0.525. The number of rotatable bonds is 9. The minimum atomic E-state index is -3.72. The Labute approximate surface area is 183 Å². The molecule has 0 aliphatic heterocycles. The summed E-state index contributed by atoms with van der Waals surface area (Å²) in [6.45, 7) is 8.33. The number of aromatic amines is 1. The van der Waals surface area contributed by atoms with Crippen LogP contribution >= 0.6 is 0 Å². The molecule has 1 heterocycles. The SMILES string of the molecule is Cc1ccc(N(CC(C)C)S(=O)(=O)c2ccc(CCC(O)c3nn[nH]n3)cc2)c(C)c1. The van der Waals surface area contributed by atoms with E-state index in [1.165, 1.54) is 4.31 Å². The zero-order chi connectivity index (χ0) is 22.6. The van der Waals surface area contributed by atoms with Gasteiger partial charge in [0.2, 0.25) is 5.82 Å². The fourth-order valence-corrected chi connectivity index (χ4v) is 5.13. The van der Waals surface area contributed by atoms with Crippen molar-refractivity contribution in [1.29, 1.82) is 0 Å². The summed E-state index contributed by atoms with van der Waals surface area (Å²) in [6.07, 6.45) is 0.143. The van der Waals surface area contributed by atoms with Gasteiger partial charge in [-0.1, -0.05) is 48.9 Å². The lowest BCUT2D eigenvalue weighted by Gasteiger charge is -2.28. The van der Waals surface area contributed by atoms with Gasteiger partial charge in [0.1, 0.15) is 6.10 Å². The van der Waals surface area contributed by atoms with Gasteiger partial charge in [0.25, 0.3) is 10.0 Å². The van der Waals surface area contributed by atoms with Crippen molar-refractivity contribution in [2.24, 2.45) is 5.92 Å². The molecule has 166 valence electrons. The van der Waals surface area contributed by atoms with E-state index in [1.54, 1.807) is 24.3 Å². The summed E-state index contributed by atoms with van der Waals surface area (Å²) in [4.78, 5) is 0.246. The summed E-state index contributed by atoms with van der Waals surface area (Å²) in [5.74, 6) is 0.415. The summed E-state index contributed by atoms with van der Waals surface area (Å²) in [5, 5.41) is 23.4. The van der Waals surface area contributed by atoms with Gasteiger partial charge in [-0.2, -0.15) is 5.21 Å². The normalized spacial score (nSPS) is 12.8. The molecule has 1 aromatic heterocycles. The smallest absolute Gasteiger partial charge is 0.264 e. The topological polar surface area (TPSA) is 112 Å². The molecule has 0 fully saturated rings. The minimum absolute atomic E-state index is 0.168. The molecule has 8 nitrogen and oxygen atoms in total.